The quantitative estimate of drug-likeness (QED) is 0.101. The Hall–Kier alpha value is -7.48. The normalized spacial score (nSPS) is 12.9. The fourth-order valence-electron chi connectivity index (χ4n) is 5.29. The molecule has 1 aromatic heterocycles. The third-order valence-electron chi connectivity index (χ3n) is 8.01. The number of nitrogens with one attached hydrogen (secondary N) is 1. The van der Waals surface area contributed by atoms with Gasteiger partial charge in [-0.2, -0.15) is 5.21 Å². The molecule has 4 atom stereocenters. The fourth-order valence-corrected chi connectivity index (χ4v) is 5.29. The first-order chi connectivity index (χ1) is 26.9. The summed E-state index contributed by atoms with van der Waals surface area (Å²) < 4.78 is 29.7. The third-order valence-corrected chi connectivity index (χ3v) is 8.01. The molecule has 14 nitrogen and oxygen atoms in total. The molecule has 0 radical (unpaired) electrons. The molecule has 55 heavy (non-hydrogen) atoms. The summed E-state index contributed by atoms with van der Waals surface area (Å²) in [7, 11) is 0. The first-order valence-corrected chi connectivity index (χ1v) is 16.9. The van der Waals surface area contributed by atoms with Crippen LogP contribution in [-0.4, -0.2) is 75.4 Å². The summed E-state index contributed by atoms with van der Waals surface area (Å²) in [5.41, 5.74) is 0.494. The highest BCUT2D eigenvalue weighted by molar-refractivity contribution is 5.92. The van der Waals surface area contributed by atoms with Gasteiger partial charge >= 0.3 is 29.8 Å². The van der Waals surface area contributed by atoms with E-state index in [2.05, 4.69) is 20.6 Å². The molecule has 1 heterocycles. The van der Waals surface area contributed by atoms with Crippen molar-refractivity contribution in [1.82, 2.24) is 20.6 Å². The van der Waals surface area contributed by atoms with Gasteiger partial charge in [-0.1, -0.05) is 96.2 Å². The van der Waals surface area contributed by atoms with Gasteiger partial charge in [0.05, 0.1) is 27.8 Å². The van der Waals surface area contributed by atoms with Crippen LogP contribution in [0.25, 0.3) is 0 Å². The Bertz CT molecular complexity index is 2170. The van der Waals surface area contributed by atoms with Crippen LogP contribution in [-0.2, 0) is 23.7 Å². The minimum Gasteiger partial charge on any atom is -0.458 e. The highest BCUT2D eigenvalue weighted by Crippen LogP contribution is 2.31. The van der Waals surface area contributed by atoms with Gasteiger partial charge in [0, 0.05) is 0 Å². The van der Waals surface area contributed by atoms with Crippen molar-refractivity contribution in [2.45, 2.75) is 24.4 Å². The molecule has 0 spiro atoms. The minimum absolute atomic E-state index is 0.0624. The summed E-state index contributed by atoms with van der Waals surface area (Å²) in [6, 6.07) is 39.4. The molecule has 0 bridgehead atoms. The van der Waals surface area contributed by atoms with Gasteiger partial charge in [-0.15, -0.1) is 10.2 Å². The molecule has 6 aromatic rings. The molecule has 6 rings (SSSR count). The monoisotopic (exact) mass is 740 g/mol. The van der Waals surface area contributed by atoms with Crippen LogP contribution in [0.1, 0.15) is 63.7 Å². The van der Waals surface area contributed by atoms with Gasteiger partial charge in [-0.05, 0) is 60.7 Å². The van der Waals surface area contributed by atoms with Gasteiger partial charge < -0.3 is 23.7 Å². The molecule has 0 saturated heterocycles. The topological polar surface area (TPSA) is 186 Å². The van der Waals surface area contributed by atoms with Crippen molar-refractivity contribution in [3.05, 3.63) is 185 Å². The predicted octanol–water partition coefficient (Wildman–Crippen LogP) is 5.63. The Labute approximate surface area is 314 Å². The lowest BCUT2D eigenvalue weighted by molar-refractivity contribution is -0.134. The molecule has 14 heteroatoms. The van der Waals surface area contributed by atoms with Crippen LogP contribution in [0.4, 0.5) is 0 Å². The number of carbonyl (C=O) groups is 5. The maximum atomic E-state index is 13.9. The number of aromatic amines is 1. The van der Waals surface area contributed by atoms with E-state index in [-0.39, 0.29) is 33.6 Å². The van der Waals surface area contributed by atoms with Crippen LogP contribution in [0.5, 0.6) is 0 Å². The zero-order valence-corrected chi connectivity index (χ0v) is 28.9. The van der Waals surface area contributed by atoms with Crippen molar-refractivity contribution >= 4 is 29.8 Å². The van der Waals surface area contributed by atoms with Crippen molar-refractivity contribution in [1.29, 1.82) is 0 Å². The Morgan fingerprint density at radius 3 is 1.22 bits per heavy atom. The largest absolute Gasteiger partial charge is 0.458 e. The number of benzene rings is 5. The van der Waals surface area contributed by atoms with E-state index in [1.165, 1.54) is 60.7 Å². The van der Waals surface area contributed by atoms with E-state index in [1.807, 2.05) is 0 Å². The zero-order valence-electron chi connectivity index (χ0n) is 28.9. The van der Waals surface area contributed by atoms with E-state index >= 15 is 0 Å². The Morgan fingerprint density at radius 2 is 0.818 bits per heavy atom. The average Bonchev–Trinajstić information content (AvgIpc) is 3.79. The number of esters is 5. The molecule has 1 N–H and O–H groups in total. The molecule has 0 aliphatic carbocycles. The smallest absolute Gasteiger partial charge is 0.338 e. The van der Waals surface area contributed by atoms with Crippen molar-refractivity contribution in [3.63, 3.8) is 0 Å². The second-order valence-electron chi connectivity index (χ2n) is 11.7. The van der Waals surface area contributed by atoms with Gasteiger partial charge in [0.2, 0.25) is 11.9 Å². The number of nitrogens with zero attached hydrogens (tertiary/aromatic N) is 3. The number of hydrogen-bond acceptors (Lipinski definition) is 13. The summed E-state index contributed by atoms with van der Waals surface area (Å²) in [6.45, 7) is -0.732. The van der Waals surface area contributed by atoms with Crippen LogP contribution < -0.4 is 0 Å². The first-order valence-electron chi connectivity index (χ1n) is 16.9. The molecular weight excluding hydrogens is 708 g/mol. The highest BCUT2D eigenvalue weighted by atomic mass is 16.6. The Kier molecular flexibility index (Phi) is 12.4. The van der Waals surface area contributed by atoms with Crippen LogP contribution >= 0.6 is 0 Å². The lowest BCUT2D eigenvalue weighted by atomic mass is 10.0. The van der Waals surface area contributed by atoms with E-state index < -0.39 is 60.9 Å². The third kappa shape index (κ3) is 9.90. The van der Waals surface area contributed by atoms with Crippen LogP contribution in [0, 0.1) is 0 Å². The van der Waals surface area contributed by atoms with Crippen LogP contribution in [0.15, 0.2) is 152 Å². The number of H-pyrrole nitrogens is 1. The summed E-state index contributed by atoms with van der Waals surface area (Å²) in [6.07, 6.45) is -7.24. The van der Waals surface area contributed by atoms with Gasteiger partial charge in [0.1, 0.15) is 6.61 Å². The molecule has 0 saturated carbocycles. The van der Waals surface area contributed by atoms with Crippen molar-refractivity contribution in [2.24, 2.45) is 0 Å². The number of ether oxygens (including phenoxy) is 5. The minimum atomic E-state index is -1.88. The van der Waals surface area contributed by atoms with E-state index in [0.717, 1.165) is 0 Å². The summed E-state index contributed by atoms with van der Waals surface area (Å²) >= 11 is 0. The standard InChI is InChI=1S/C41H32N4O10/c46-37(27-16-6-1-7-17-27)51-26-32(52-38(47)28-18-8-2-9-19-28)33(53-39(48)29-20-10-3-11-21-29)34(54-40(49)30-22-12-4-13-23-30)35(36-42-44-45-43-36)55-41(50)31-24-14-5-15-25-31/h1-25,32-35H,26H2,(H,42,43,44,45)/t32-,33+,34-,35-/m0/s1. The Morgan fingerprint density at radius 1 is 0.455 bits per heavy atom. The van der Waals surface area contributed by atoms with Gasteiger partial charge in [0.15, 0.2) is 18.3 Å². The second kappa shape index (κ2) is 18.3. The number of aromatic nitrogens is 4. The maximum absolute atomic E-state index is 13.9. The number of carbonyl (C=O) groups excluding carboxylic acids is 5. The first kappa shape index (κ1) is 37.3. The number of tetrazole rings is 1. The summed E-state index contributed by atoms with van der Waals surface area (Å²) in [5, 5.41) is 13.9. The van der Waals surface area contributed by atoms with E-state index in [1.54, 1.807) is 91.0 Å². The summed E-state index contributed by atoms with van der Waals surface area (Å²) in [5.74, 6) is -4.83. The van der Waals surface area contributed by atoms with E-state index in [4.69, 9.17) is 23.7 Å². The van der Waals surface area contributed by atoms with Crippen LogP contribution in [0.2, 0.25) is 0 Å². The van der Waals surface area contributed by atoms with Crippen molar-refractivity contribution < 1.29 is 47.7 Å². The highest BCUT2D eigenvalue weighted by Gasteiger charge is 2.48. The number of rotatable bonds is 15. The molecule has 0 aliphatic rings. The molecular formula is C41H32N4O10. The fraction of sp³-hybridized carbons (Fsp3) is 0.122. The predicted molar refractivity (Wildman–Crippen MR) is 192 cm³/mol. The Balaban J connectivity index is 1.48. The lowest BCUT2D eigenvalue weighted by Gasteiger charge is -2.35. The van der Waals surface area contributed by atoms with E-state index in [9.17, 15) is 24.0 Å². The molecule has 0 aliphatic heterocycles. The van der Waals surface area contributed by atoms with E-state index in [0.29, 0.717) is 0 Å². The molecule has 0 unspecified atom stereocenters. The second-order valence-corrected chi connectivity index (χ2v) is 11.7. The molecule has 0 amide bonds. The van der Waals surface area contributed by atoms with Gasteiger partial charge in [-0.3, -0.25) is 0 Å². The summed E-state index contributed by atoms with van der Waals surface area (Å²) in [4.78, 5) is 68.5. The van der Waals surface area contributed by atoms with Gasteiger partial charge in [-0.25, -0.2) is 24.0 Å². The molecule has 276 valence electrons. The van der Waals surface area contributed by atoms with Crippen LogP contribution in [0.3, 0.4) is 0 Å². The maximum Gasteiger partial charge on any atom is 0.338 e. The molecule has 0 fully saturated rings. The average molecular weight is 741 g/mol. The lowest BCUT2D eigenvalue weighted by Crippen LogP contribution is -2.51. The molecule has 5 aromatic carbocycles. The van der Waals surface area contributed by atoms with Crippen molar-refractivity contribution in [3.8, 4) is 0 Å². The van der Waals surface area contributed by atoms with Crippen molar-refractivity contribution in [2.75, 3.05) is 6.61 Å². The van der Waals surface area contributed by atoms with Gasteiger partial charge in [0.25, 0.3) is 0 Å². The number of hydrogen-bond donors (Lipinski definition) is 1. The SMILES string of the molecule is O=C(OC[C@H](OC(=O)c1ccccc1)[C@@H](OC(=O)c1ccccc1)[C@H](OC(=O)c1ccccc1)[C@H](OC(=O)c1ccccc1)c1nn[nH]n1)c1ccccc1. The zero-order chi connectivity index (χ0) is 38.4.